The topological polar surface area (TPSA) is 101 Å². The fourth-order valence-corrected chi connectivity index (χ4v) is 3.79. The van der Waals surface area contributed by atoms with Gasteiger partial charge in [-0.05, 0) is 31.4 Å². The highest BCUT2D eigenvalue weighted by Gasteiger charge is 2.27. The van der Waals surface area contributed by atoms with Gasteiger partial charge in [-0.15, -0.1) is 0 Å². The molecule has 1 unspecified atom stereocenters. The minimum Gasteiger partial charge on any atom is -0.337 e. The molecule has 1 fully saturated rings. The van der Waals surface area contributed by atoms with Gasteiger partial charge in [0.05, 0.1) is 23.5 Å². The predicted molar refractivity (Wildman–Crippen MR) is 98.2 cm³/mol. The molecule has 0 spiro atoms. The first-order valence-corrected chi connectivity index (χ1v) is 10.4. The summed E-state index contributed by atoms with van der Waals surface area (Å²) in [6.45, 7) is 0.667. The monoisotopic (exact) mass is 378 g/mol. The summed E-state index contributed by atoms with van der Waals surface area (Å²) in [5.41, 5.74) is 0.921. The molecule has 1 aromatic carbocycles. The van der Waals surface area contributed by atoms with Gasteiger partial charge in [-0.2, -0.15) is 0 Å². The van der Waals surface area contributed by atoms with Crippen molar-refractivity contribution in [3.05, 3.63) is 40.8 Å². The number of carbonyl (C=O) groups is 1. The number of para-hydroxylation sites is 2. The Morgan fingerprint density at radius 1 is 1.31 bits per heavy atom. The molecular formula is C17H22N4O4S. The molecule has 0 aliphatic carbocycles. The summed E-state index contributed by atoms with van der Waals surface area (Å²) < 4.78 is 26.6. The number of benzene rings is 1. The van der Waals surface area contributed by atoms with Crippen LogP contribution in [0.15, 0.2) is 35.3 Å². The van der Waals surface area contributed by atoms with E-state index in [0.717, 1.165) is 25.5 Å². The minimum absolute atomic E-state index is 0.0861. The van der Waals surface area contributed by atoms with Crippen LogP contribution in [-0.2, 0) is 21.4 Å². The molecule has 2 heterocycles. The number of amides is 1. The van der Waals surface area contributed by atoms with Gasteiger partial charge in [-0.25, -0.2) is 18.1 Å². The van der Waals surface area contributed by atoms with E-state index in [-0.39, 0.29) is 30.6 Å². The van der Waals surface area contributed by atoms with Gasteiger partial charge in [0.2, 0.25) is 15.9 Å². The first-order valence-electron chi connectivity index (χ1n) is 8.54. The van der Waals surface area contributed by atoms with Crippen molar-refractivity contribution < 1.29 is 13.2 Å². The maximum Gasteiger partial charge on any atom is 0.269 e. The van der Waals surface area contributed by atoms with E-state index in [1.165, 1.54) is 10.8 Å². The van der Waals surface area contributed by atoms with Crippen LogP contribution in [-0.4, -0.2) is 54.2 Å². The highest BCUT2D eigenvalue weighted by atomic mass is 32.2. The summed E-state index contributed by atoms with van der Waals surface area (Å²) >= 11 is 0. The molecule has 1 saturated heterocycles. The van der Waals surface area contributed by atoms with Crippen LogP contribution >= 0.6 is 0 Å². The third-order valence-corrected chi connectivity index (χ3v) is 5.27. The molecule has 0 radical (unpaired) electrons. The van der Waals surface area contributed by atoms with Gasteiger partial charge in [0.15, 0.2) is 0 Å². The van der Waals surface area contributed by atoms with Crippen LogP contribution in [0.3, 0.4) is 0 Å². The van der Waals surface area contributed by atoms with Crippen LogP contribution < -0.4 is 10.3 Å². The number of hydrogen-bond acceptors (Lipinski definition) is 5. The SMILES string of the molecule is CS(=O)(=O)NCC1CCCCN1C(=O)Cn1c(=O)cnc2ccccc21. The first-order chi connectivity index (χ1) is 12.3. The molecule has 1 amide bonds. The summed E-state index contributed by atoms with van der Waals surface area (Å²) in [5.74, 6) is -0.191. The fraction of sp³-hybridized carbons (Fsp3) is 0.471. The molecule has 1 N–H and O–H groups in total. The van der Waals surface area contributed by atoms with Crippen LogP contribution in [0, 0.1) is 0 Å². The van der Waals surface area contributed by atoms with Gasteiger partial charge in [0.1, 0.15) is 6.54 Å². The molecule has 140 valence electrons. The maximum atomic E-state index is 12.9. The number of likely N-dealkylation sites (tertiary alicyclic amines) is 1. The Morgan fingerprint density at radius 2 is 2.08 bits per heavy atom. The average Bonchev–Trinajstić information content (AvgIpc) is 2.62. The molecule has 2 aromatic rings. The molecular weight excluding hydrogens is 356 g/mol. The van der Waals surface area contributed by atoms with Crippen LogP contribution in [0.25, 0.3) is 11.0 Å². The summed E-state index contributed by atoms with van der Waals surface area (Å²) in [7, 11) is -3.32. The van der Waals surface area contributed by atoms with Crippen molar-refractivity contribution in [3.63, 3.8) is 0 Å². The molecule has 9 heteroatoms. The van der Waals surface area contributed by atoms with Gasteiger partial charge < -0.3 is 4.90 Å². The zero-order chi connectivity index (χ0) is 18.7. The van der Waals surface area contributed by atoms with Crippen LogP contribution in [0.1, 0.15) is 19.3 Å². The lowest BCUT2D eigenvalue weighted by molar-refractivity contribution is -0.135. The molecule has 3 rings (SSSR count). The summed E-state index contributed by atoms with van der Waals surface area (Å²) in [6.07, 6.45) is 4.87. The molecule has 8 nitrogen and oxygen atoms in total. The van der Waals surface area contributed by atoms with Gasteiger partial charge in [-0.3, -0.25) is 14.2 Å². The van der Waals surface area contributed by atoms with Crippen molar-refractivity contribution in [2.75, 3.05) is 19.3 Å². The zero-order valence-corrected chi connectivity index (χ0v) is 15.4. The van der Waals surface area contributed by atoms with Crippen LogP contribution in [0.2, 0.25) is 0 Å². The lowest BCUT2D eigenvalue weighted by Crippen LogP contribution is -2.50. The van der Waals surface area contributed by atoms with Crippen LogP contribution in [0.4, 0.5) is 0 Å². The quantitative estimate of drug-likeness (QED) is 0.808. The normalized spacial score (nSPS) is 18.2. The lowest BCUT2D eigenvalue weighted by atomic mass is 10.0. The van der Waals surface area contributed by atoms with Crippen molar-refractivity contribution in [2.45, 2.75) is 31.8 Å². The predicted octanol–water partition coefficient (Wildman–Crippen LogP) is 0.327. The Balaban J connectivity index is 1.82. The van der Waals surface area contributed by atoms with Crippen LogP contribution in [0.5, 0.6) is 0 Å². The van der Waals surface area contributed by atoms with Crippen molar-refractivity contribution in [1.82, 2.24) is 19.2 Å². The number of sulfonamides is 1. The van der Waals surface area contributed by atoms with E-state index in [2.05, 4.69) is 9.71 Å². The number of fused-ring (bicyclic) bond motifs is 1. The number of carbonyl (C=O) groups excluding carboxylic acids is 1. The van der Waals surface area contributed by atoms with Gasteiger partial charge in [0, 0.05) is 19.1 Å². The fourth-order valence-electron chi connectivity index (χ4n) is 3.29. The summed E-state index contributed by atoms with van der Waals surface area (Å²) in [6, 6.07) is 6.97. The second-order valence-electron chi connectivity index (χ2n) is 6.53. The van der Waals surface area contributed by atoms with E-state index in [0.29, 0.717) is 17.6 Å². The van der Waals surface area contributed by atoms with Crippen molar-refractivity contribution in [1.29, 1.82) is 0 Å². The largest absolute Gasteiger partial charge is 0.337 e. The highest BCUT2D eigenvalue weighted by Crippen LogP contribution is 2.18. The number of rotatable bonds is 5. The lowest BCUT2D eigenvalue weighted by Gasteiger charge is -2.36. The average molecular weight is 378 g/mol. The van der Waals surface area contributed by atoms with Gasteiger partial charge in [0.25, 0.3) is 5.56 Å². The van der Waals surface area contributed by atoms with Crippen molar-refractivity contribution in [3.8, 4) is 0 Å². The number of aromatic nitrogens is 2. The molecule has 1 aromatic heterocycles. The summed E-state index contributed by atoms with van der Waals surface area (Å²) in [4.78, 5) is 30.9. The third-order valence-electron chi connectivity index (χ3n) is 4.57. The molecule has 26 heavy (non-hydrogen) atoms. The minimum atomic E-state index is -3.32. The van der Waals surface area contributed by atoms with E-state index < -0.39 is 10.0 Å². The summed E-state index contributed by atoms with van der Waals surface area (Å²) in [5, 5.41) is 0. The molecule has 1 aliphatic rings. The molecule has 0 saturated carbocycles. The Hall–Kier alpha value is -2.26. The molecule has 0 bridgehead atoms. The second-order valence-corrected chi connectivity index (χ2v) is 8.36. The van der Waals surface area contributed by atoms with E-state index in [4.69, 9.17) is 0 Å². The number of nitrogens with one attached hydrogen (secondary N) is 1. The first kappa shape index (κ1) is 18.5. The smallest absolute Gasteiger partial charge is 0.269 e. The Morgan fingerprint density at radius 3 is 2.85 bits per heavy atom. The van der Waals surface area contributed by atoms with E-state index in [1.807, 2.05) is 6.07 Å². The van der Waals surface area contributed by atoms with Crippen molar-refractivity contribution in [2.24, 2.45) is 0 Å². The molecule has 1 atom stereocenters. The Labute approximate surface area is 151 Å². The Kier molecular flexibility index (Phi) is 5.38. The highest BCUT2D eigenvalue weighted by molar-refractivity contribution is 7.88. The Bertz CT molecular complexity index is 970. The van der Waals surface area contributed by atoms with Crippen molar-refractivity contribution >= 4 is 27.0 Å². The van der Waals surface area contributed by atoms with E-state index in [1.54, 1.807) is 23.1 Å². The number of nitrogens with zero attached hydrogens (tertiary/aromatic N) is 3. The van der Waals surface area contributed by atoms with E-state index >= 15 is 0 Å². The molecule has 1 aliphatic heterocycles. The van der Waals surface area contributed by atoms with Gasteiger partial charge >= 0.3 is 0 Å². The number of piperidine rings is 1. The second kappa shape index (κ2) is 7.55. The van der Waals surface area contributed by atoms with Gasteiger partial charge in [-0.1, -0.05) is 12.1 Å². The zero-order valence-electron chi connectivity index (χ0n) is 14.6. The third kappa shape index (κ3) is 4.28. The standard InChI is InChI=1S/C17H22N4O4S/c1-26(24,25)19-10-13-6-4-5-9-20(13)17(23)12-21-15-8-3-2-7-14(15)18-11-16(21)22/h2-3,7-8,11,13,19H,4-6,9-10,12H2,1H3. The maximum absolute atomic E-state index is 12.9. The number of hydrogen-bond donors (Lipinski definition) is 1. The van der Waals surface area contributed by atoms with E-state index in [9.17, 15) is 18.0 Å².